The summed E-state index contributed by atoms with van der Waals surface area (Å²) in [7, 11) is 0. The number of nitrogens with zero attached hydrogens (tertiary/aromatic N) is 2. The molecule has 0 aromatic rings. The second kappa shape index (κ2) is 3.40. The summed E-state index contributed by atoms with van der Waals surface area (Å²) >= 11 is 0. The van der Waals surface area contributed by atoms with Crippen LogP contribution in [0.4, 0.5) is 0 Å². The monoisotopic (exact) mass is 138 g/mol. The zero-order valence-electron chi connectivity index (χ0n) is 6.62. The molecule has 2 heteroatoms. The van der Waals surface area contributed by atoms with E-state index in [9.17, 15) is 0 Å². The Morgan fingerprint density at radius 2 is 2.40 bits per heavy atom. The van der Waals surface area contributed by atoms with E-state index in [-0.39, 0.29) is 0 Å². The van der Waals surface area contributed by atoms with Gasteiger partial charge in [-0.25, -0.2) is 0 Å². The van der Waals surface area contributed by atoms with E-state index in [4.69, 9.17) is 0 Å². The third-order valence-electron chi connectivity index (χ3n) is 1.38. The summed E-state index contributed by atoms with van der Waals surface area (Å²) in [6.45, 7) is 6.33. The second-order valence-electron chi connectivity index (χ2n) is 2.85. The Balaban J connectivity index is 2.30. The van der Waals surface area contributed by atoms with Crippen LogP contribution < -0.4 is 0 Å². The van der Waals surface area contributed by atoms with Gasteiger partial charge in [0.2, 0.25) is 0 Å². The summed E-state index contributed by atoms with van der Waals surface area (Å²) in [4.78, 5) is 6.20. The van der Waals surface area contributed by atoms with Crippen molar-refractivity contribution in [1.82, 2.24) is 4.90 Å². The Kier molecular flexibility index (Phi) is 2.49. The molecule has 0 aliphatic carbocycles. The molecule has 0 radical (unpaired) electrons. The molecule has 56 valence electrons. The van der Waals surface area contributed by atoms with Crippen molar-refractivity contribution in [2.45, 2.75) is 13.8 Å². The molecule has 0 spiro atoms. The minimum Gasteiger partial charge on any atom is -0.338 e. The normalized spacial score (nSPS) is 18.1. The highest BCUT2D eigenvalue weighted by atomic mass is 15.2. The summed E-state index contributed by atoms with van der Waals surface area (Å²) < 4.78 is 0. The lowest BCUT2D eigenvalue weighted by Crippen LogP contribution is -2.11. The van der Waals surface area contributed by atoms with E-state index in [2.05, 4.69) is 36.0 Å². The van der Waals surface area contributed by atoms with Crippen molar-refractivity contribution in [3.05, 3.63) is 12.3 Å². The first kappa shape index (κ1) is 7.32. The number of aliphatic imine (C=N–C) groups is 1. The molecule has 0 amide bonds. The molecule has 0 fully saturated rings. The van der Waals surface area contributed by atoms with Crippen LogP contribution in [0.15, 0.2) is 17.3 Å². The van der Waals surface area contributed by atoms with E-state index in [0.717, 1.165) is 13.1 Å². The molecule has 0 aromatic carbocycles. The minimum absolute atomic E-state index is 0.633. The number of rotatable bonds is 2. The van der Waals surface area contributed by atoms with Crippen LogP contribution in [0.2, 0.25) is 0 Å². The predicted octanol–water partition coefficient (Wildman–Crippen LogP) is 1.50. The molecule has 0 aromatic heterocycles. The molecule has 1 rings (SSSR count). The van der Waals surface area contributed by atoms with Gasteiger partial charge in [0, 0.05) is 12.7 Å². The molecule has 2 nitrogen and oxygen atoms in total. The zero-order valence-corrected chi connectivity index (χ0v) is 6.62. The smallest absolute Gasteiger partial charge is 0.0890 e. The van der Waals surface area contributed by atoms with Crippen LogP contribution in [0.1, 0.15) is 13.8 Å². The van der Waals surface area contributed by atoms with Crippen LogP contribution in [0.5, 0.6) is 0 Å². The van der Waals surface area contributed by atoms with Crippen LogP contribution in [-0.4, -0.2) is 24.3 Å². The fourth-order valence-electron chi connectivity index (χ4n) is 0.789. The van der Waals surface area contributed by atoms with Crippen LogP contribution in [-0.2, 0) is 0 Å². The Hall–Kier alpha value is -0.790. The van der Waals surface area contributed by atoms with Crippen LogP contribution in [0.25, 0.3) is 0 Å². The Morgan fingerprint density at radius 3 is 2.90 bits per heavy atom. The maximum Gasteiger partial charge on any atom is 0.0890 e. The molecule has 0 atom stereocenters. The van der Waals surface area contributed by atoms with Gasteiger partial charge in [0.1, 0.15) is 0 Å². The maximum absolute atomic E-state index is 4.09. The number of hydrogen-bond donors (Lipinski definition) is 0. The molecule has 0 bridgehead atoms. The van der Waals surface area contributed by atoms with E-state index in [1.165, 1.54) is 0 Å². The fourth-order valence-corrected chi connectivity index (χ4v) is 0.789. The third-order valence-corrected chi connectivity index (χ3v) is 1.38. The van der Waals surface area contributed by atoms with Gasteiger partial charge in [0.05, 0.1) is 12.9 Å². The molecular formula is C8H14N2. The largest absolute Gasteiger partial charge is 0.338 e. The van der Waals surface area contributed by atoms with Gasteiger partial charge >= 0.3 is 0 Å². The van der Waals surface area contributed by atoms with Gasteiger partial charge in [-0.3, -0.25) is 4.99 Å². The second-order valence-corrected chi connectivity index (χ2v) is 2.85. The van der Waals surface area contributed by atoms with Crippen molar-refractivity contribution in [3.63, 3.8) is 0 Å². The van der Waals surface area contributed by atoms with Gasteiger partial charge in [-0.15, -0.1) is 0 Å². The van der Waals surface area contributed by atoms with Crippen molar-refractivity contribution in [1.29, 1.82) is 0 Å². The Morgan fingerprint density at radius 1 is 1.60 bits per heavy atom. The van der Waals surface area contributed by atoms with Gasteiger partial charge in [-0.05, 0) is 5.92 Å². The lowest BCUT2D eigenvalue weighted by Gasteiger charge is -2.06. The highest BCUT2D eigenvalue weighted by Crippen LogP contribution is 1.98. The maximum atomic E-state index is 4.09. The fraction of sp³-hybridized carbons (Fsp3) is 0.625. The number of hydrogen-bond acceptors (Lipinski definition) is 2. The molecule has 1 aliphatic rings. The van der Waals surface area contributed by atoms with E-state index in [1.807, 2.05) is 6.34 Å². The average molecular weight is 138 g/mol. The predicted molar refractivity (Wildman–Crippen MR) is 44.0 cm³/mol. The molecule has 1 aliphatic heterocycles. The van der Waals surface area contributed by atoms with Crippen molar-refractivity contribution in [2.24, 2.45) is 10.9 Å². The topological polar surface area (TPSA) is 15.6 Å². The van der Waals surface area contributed by atoms with Gasteiger partial charge in [-0.1, -0.05) is 19.9 Å². The highest BCUT2D eigenvalue weighted by molar-refractivity contribution is 5.58. The van der Waals surface area contributed by atoms with E-state index in [0.29, 0.717) is 5.92 Å². The molecule has 10 heavy (non-hydrogen) atoms. The highest BCUT2D eigenvalue weighted by Gasteiger charge is 1.99. The molecule has 0 saturated carbocycles. The van der Waals surface area contributed by atoms with Crippen molar-refractivity contribution >= 4 is 6.34 Å². The molecule has 0 unspecified atom stereocenters. The van der Waals surface area contributed by atoms with E-state index >= 15 is 0 Å². The Bertz CT molecular complexity index is 147. The summed E-state index contributed by atoms with van der Waals surface area (Å²) in [6.07, 6.45) is 6.16. The summed E-state index contributed by atoms with van der Waals surface area (Å²) in [5.41, 5.74) is 0. The molecule has 0 N–H and O–H groups in total. The minimum atomic E-state index is 0.633. The van der Waals surface area contributed by atoms with Crippen molar-refractivity contribution in [2.75, 3.05) is 13.1 Å². The van der Waals surface area contributed by atoms with E-state index < -0.39 is 0 Å². The first-order valence-corrected chi connectivity index (χ1v) is 3.73. The first-order chi connectivity index (χ1) is 4.79. The molecule has 1 heterocycles. The first-order valence-electron chi connectivity index (χ1n) is 3.73. The quantitative estimate of drug-likeness (QED) is 0.564. The SMILES string of the molecule is CC(C)C=CN1C=NCC1. The summed E-state index contributed by atoms with van der Waals surface area (Å²) in [5.74, 6) is 0.633. The van der Waals surface area contributed by atoms with Gasteiger partial charge in [-0.2, -0.15) is 0 Å². The van der Waals surface area contributed by atoms with Crippen LogP contribution in [0, 0.1) is 5.92 Å². The van der Waals surface area contributed by atoms with Gasteiger partial charge < -0.3 is 4.90 Å². The third kappa shape index (κ3) is 2.21. The zero-order chi connectivity index (χ0) is 7.40. The Labute approximate surface area is 62.3 Å². The molecule has 0 saturated heterocycles. The van der Waals surface area contributed by atoms with Crippen molar-refractivity contribution < 1.29 is 0 Å². The summed E-state index contributed by atoms with van der Waals surface area (Å²) in [5, 5.41) is 0. The van der Waals surface area contributed by atoms with Gasteiger partial charge in [0.25, 0.3) is 0 Å². The van der Waals surface area contributed by atoms with Crippen LogP contribution in [0.3, 0.4) is 0 Å². The average Bonchev–Trinajstić information content (AvgIpc) is 2.34. The summed E-state index contributed by atoms with van der Waals surface area (Å²) in [6, 6.07) is 0. The van der Waals surface area contributed by atoms with Crippen molar-refractivity contribution in [3.8, 4) is 0 Å². The lowest BCUT2D eigenvalue weighted by atomic mass is 10.2. The lowest BCUT2D eigenvalue weighted by molar-refractivity contribution is 0.614. The van der Waals surface area contributed by atoms with E-state index in [1.54, 1.807) is 0 Å². The standard InChI is InChI=1S/C8H14N2/c1-8(2)3-5-10-6-4-9-7-10/h3,5,7-8H,4,6H2,1-2H3. The number of allylic oxidation sites excluding steroid dienone is 1. The molecular weight excluding hydrogens is 124 g/mol. The van der Waals surface area contributed by atoms with Gasteiger partial charge in [0.15, 0.2) is 0 Å². The van der Waals surface area contributed by atoms with Crippen LogP contribution >= 0.6 is 0 Å².